The first-order chi connectivity index (χ1) is 6.57. The van der Waals surface area contributed by atoms with Crippen molar-refractivity contribution in [2.75, 3.05) is 12.4 Å². The maximum atomic E-state index is 11.2. The van der Waals surface area contributed by atoms with E-state index in [0.717, 1.165) is 17.9 Å². The quantitative estimate of drug-likeness (QED) is 0.535. The first kappa shape index (κ1) is 11.8. The monoisotopic (exact) mass is 215 g/mol. The van der Waals surface area contributed by atoms with Crippen molar-refractivity contribution in [1.82, 2.24) is 0 Å². The first-order valence-electron chi connectivity index (χ1n) is 4.75. The smallest absolute Gasteiger partial charge is 0.106 e. The van der Waals surface area contributed by atoms with E-state index in [1.807, 2.05) is 19.1 Å². The SMILES string of the molecule is CC1=CC(C)(SCCCO)C=C[NH+]1[O-]. The van der Waals surface area contributed by atoms with Crippen molar-refractivity contribution in [2.24, 2.45) is 0 Å². The second-order valence-electron chi connectivity index (χ2n) is 3.63. The molecule has 0 aromatic carbocycles. The number of nitrogens with one attached hydrogen (secondary N) is 1. The van der Waals surface area contributed by atoms with Crippen molar-refractivity contribution in [2.45, 2.75) is 25.0 Å². The zero-order valence-electron chi connectivity index (χ0n) is 8.62. The van der Waals surface area contributed by atoms with E-state index in [1.54, 1.807) is 18.0 Å². The molecule has 1 aliphatic rings. The molecule has 0 saturated heterocycles. The van der Waals surface area contributed by atoms with Crippen molar-refractivity contribution in [1.29, 1.82) is 0 Å². The summed E-state index contributed by atoms with van der Waals surface area (Å²) in [4.78, 5) is 0. The number of rotatable bonds is 4. The van der Waals surface area contributed by atoms with Gasteiger partial charge >= 0.3 is 0 Å². The highest BCUT2D eigenvalue weighted by atomic mass is 32.2. The van der Waals surface area contributed by atoms with E-state index in [1.165, 1.54) is 0 Å². The average Bonchev–Trinajstić information content (AvgIpc) is 2.13. The zero-order chi connectivity index (χ0) is 10.6. The number of aliphatic hydroxyl groups excluding tert-OH is 1. The Bertz CT molecular complexity index is 253. The van der Waals surface area contributed by atoms with Gasteiger partial charge < -0.3 is 15.4 Å². The van der Waals surface area contributed by atoms with Crippen molar-refractivity contribution in [3.05, 3.63) is 29.3 Å². The second kappa shape index (κ2) is 4.98. The van der Waals surface area contributed by atoms with Crippen LogP contribution in [0.25, 0.3) is 0 Å². The van der Waals surface area contributed by atoms with Crippen LogP contribution in [0.3, 0.4) is 0 Å². The van der Waals surface area contributed by atoms with E-state index in [9.17, 15) is 5.21 Å². The molecule has 1 rings (SSSR count). The van der Waals surface area contributed by atoms with Crippen LogP contribution in [0.15, 0.2) is 24.0 Å². The minimum Gasteiger partial charge on any atom is -0.624 e. The Morgan fingerprint density at radius 1 is 1.64 bits per heavy atom. The Kier molecular flexibility index (Phi) is 4.19. The predicted octanol–water partition coefficient (Wildman–Crippen LogP) is 0.675. The van der Waals surface area contributed by atoms with Crippen LogP contribution in [0.5, 0.6) is 0 Å². The largest absolute Gasteiger partial charge is 0.624 e. The lowest BCUT2D eigenvalue weighted by Crippen LogP contribution is -3.00. The molecule has 0 spiro atoms. The molecule has 0 radical (unpaired) electrons. The van der Waals surface area contributed by atoms with Gasteiger partial charge in [-0.05, 0) is 31.2 Å². The molecule has 0 fully saturated rings. The van der Waals surface area contributed by atoms with E-state index in [0.29, 0.717) is 0 Å². The summed E-state index contributed by atoms with van der Waals surface area (Å²) in [5, 5.41) is 20.0. The molecule has 0 aliphatic carbocycles. The van der Waals surface area contributed by atoms with Gasteiger partial charge in [0.25, 0.3) is 0 Å². The average molecular weight is 215 g/mol. The summed E-state index contributed by atoms with van der Waals surface area (Å²) in [5.41, 5.74) is 0.812. The molecular weight excluding hydrogens is 198 g/mol. The van der Waals surface area contributed by atoms with Gasteiger partial charge in [-0.25, -0.2) is 0 Å². The Morgan fingerprint density at radius 2 is 2.36 bits per heavy atom. The minimum absolute atomic E-state index is 0.0762. The highest BCUT2D eigenvalue weighted by molar-refractivity contribution is 8.00. The normalized spacial score (nSPS) is 31.7. The number of hydroxylamine groups is 2. The predicted molar refractivity (Wildman–Crippen MR) is 59.8 cm³/mol. The summed E-state index contributed by atoms with van der Waals surface area (Å²) < 4.78 is -0.0762. The van der Waals surface area contributed by atoms with Crippen LogP contribution in [-0.2, 0) is 0 Å². The van der Waals surface area contributed by atoms with Crippen molar-refractivity contribution >= 4 is 11.8 Å². The van der Waals surface area contributed by atoms with Crippen LogP contribution in [0.4, 0.5) is 0 Å². The summed E-state index contributed by atoms with van der Waals surface area (Å²) in [5.74, 6) is 0.912. The zero-order valence-corrected chi connectivity index (χ0v) is 9.43. The van der Waals surface area contributed by atoms with Crippen LogP contribution >= 0.6 is 11.8 Å². The maximum Gasteiger partial charge on any atom is 0.106 e. The third kappa shape index (κ3) is 3.13. The molecular formula is C10H17NO2S. The van der Waals surface area contributed by atoms with Gasteiger partial charge in [0.2, 0.25) is 0 Å². The Labute approximate surface area is 89.1 Å². The van der Waals surface area contributed by atoms with E-state index in [2.05, 4.69) is 6.92 Å². The number of quaternary nitrogens is 1. The van der Waals surface area contributed by atoms with Gasteiger partial charge in [-0.3, -0.25) is 0 Å². The van der Waals surface area contributed by atoms with E-state index >= 15 is 0 Å². The van der Waals surface area contributed by atoms with Crippen molar-refractivity contribution in [3.63, 3.8) is 0 Å². The fourth-order valence-corrected chi connectivity index (χ4v) is 2.51. The van der Waals surface area contributed by atoms with Crippen LogP contribution < -0.4 is 5.06 Å². The molecule has 2 atom stereocenters. The Hall–Kier alpha value is -0.290. The van der Waals surface area contributed by atoms with Gasteiger partial charge in [-0.15, -0.1) is 11.8 Å². The van der Waals surface area contributed by atoms with Crippen molar-refractivity contribution in [3.8, 4) is 0 Å². The van der Waals surface area contributed by atoms with Gasteiger partial charge in [0.05, 0.1) is 10.9 Å². The lowest BCUT2D eigenvalue weighted by atomic mass is 10.1. The highest BCUT2D eigenvalue weighted by Crippen LogP contribution is 2.30. The Morgan fingerprint density at radius 3 is 2.93 bits per heavy atom. The first-order valence-corrected chi connectivity index (χ1v) is 5.74. The van der Waals surface area contributed by atoms with Crippen LogP contribution in [0.2, 0.25) is 0 Å². The molecule has 4 heteroatoms. The molecule has 0 aromatic heterocycles. The topological polar surface area (TPSA) is 47.7 Å². The molecule has 0 aromatic rings. The fourth-order valence-electron chi connectivity index (χ4n) is 1.37. The number of thioether (sulfide) groups is 1. The van der Waals surface area contributed by atoms with E-state index in [4.69, 9.17) is 5.11 Å². The van der Waals surface area contributed by atoms with E-state index in [-0.39, 0.29) is 16.4 Å². The van der Waals surface area contributed by atoms with E-state index < -0.39 is 0 Å². The van der Waals surface area contributed by atoms with Gasteiger partial charge in [-0.2, -0.15) is 0 Å². The van der Waals surface area contributed by atoms with Gasteiger partial charge in [0.15, 0.2) is 0 Å². The summed E-state index contributed by atoms with van der Waals surface area (Å²) >= 11 is 1.75. The number of aliphatic hydroxyl groups is 1. The standard InChI is InChI=1S/C10H17NO2S/c1-9-8-10(2,4-5-11(9)13)14-7-3-6-12/h4-5,8,11-12H,3,6-7H2,1-2H3. The summed E-state index contributed by atoms with van der Waals surface area (Å²) in [6.07, 6.45) is 6.37. The minimum atomic E-state index is -0.0762. The molecule has 3 nitrogen and oxygen atoms in total. The second-order valence-corrected chi connectivity index (χ2v) is 5.21. The van der Waals surface area contributed by atoms with Crippen LogP contribution in [-0.4, -0.2) is 22.2 Å². The third-order valence-corrected chi connectivity index (χ3v) is 3.54. The molecule has 0 saturated carbocycles. The summed E-state index contributed by atoms with van der Waals surface area (Å²) in [6, 6.07) is 0. The Balaban J connectivity index is 2.53. The molecule has 0 amide bonds. The lowest BCUT2D eigenvalue weighted by Gasteiger charge is -2.29. The third-order valence-electron chi connectivity index (χ3n) is 2.17. The maximum absolute atomic E-state index is 11.2. The van der Waals surface area contributed by atoms with Gasteiger partial charge in [0, 0.05) is 13.5 Å². The number of allylic oxidation sites excluding steroid dienone is 1. The molecule has 2 N–H and O–H groups in total. The molecule has 2 unspecified atom stereocenters. The lowest BCUT2D eigenvalue weighted by molar-refractivity contribution is -0.747. The molecule has 80 valence electrons. The molecule has 0 bridgehead atoms. The summed E-state index contributed by atoms with van der Waals surface area (Å²) in [6.45, 7) is 4.16. The fraction of sp³-hybridized carbons (Fsp3) is 0.600. The van der Waals surface area contributed by atoms with Crippen molar-refractivity contribution < 1.29 is 10.2 Å². The molecule has 1 aliphatic heterocycles. The summed E-state index contributed by atoms with van der Waals surface area (Å²) in [7, 11) is 0. The molecule has 1 heterocycles. The highest BCUT2D eigenvalue weighted by Gasteiger charge is 2.24. The van der Waals surface area contributed by atoms with Gasteiger partial charge in [0.1, 0.15) is 5.70 Å². The van der Waals surface area contributed by atoms with Gasteiger partial charge in [-0.1, -0.05) is 0 Å². The number of hydrogen-bond donors (Lipinski definition) is 2. The van der Waals surface area contributed by atoms with Crippen LogP contribution in [0.1, 0.15) is 20.3 Å². The number of hydrogen-bond acceptors (Lipinski definition) is 3. The van der Waals surface area contributed by atoms with Crippen LogP contribution in [0, 0.1) is 5.21 Å². The molecule has 14 heavy (non-hydrogen) atoms.